The van der Waals surface area contributed by atoms with Crippen molar-refractivity contribution in [1.29, 1.82) is 0 Å². The van der Waals surface area contributed by atoms with E-state index >= 15 is 0 Å². The molecule has 0 fully saturated rings. The van der Waals surface area contributed by atoms with Crippen LogP contribution >= 0.6 is 23.2 Å². The van der Waals surface area contributed by atoms with Gasteiger partial charge in [-0.15, -0.1) is 0 Å². The third-order valence-corrected chi connectivity index (χ3v) is 8.31. The molecule has 38 heavy (non-hydrogen) atoms. The van der Waals surface area contributed by atoms with Crippen molar-refractivity contribution in [2.75, 3.05) is 16.2 Å². The number of ketones is 1. The zero-order chi connectivity index (χ0) is 27.4. The number of halogens is 2. The van der Waals surface area contributed by atoms with Crippen molar-refractivity contribution in [1.82, 2.24) is 0 Å². The molecule has 0 unspecified atom stereocenters. The fourth-order valence-corrected chi connectivity index (χ4v) is 5.53. The predicted molar refractivity (Wildman–Crippen MR) is 152 cm³/mol. The first kappa shape index (κ1) is 27.4. The van der Waals surface area contributed by atoms with Gasteiger partial charge in [0.2, 0.25) is 5.91 Å². The molecule has 0 aliphatic rings. The molecule has 4 rings (SSSR count). The molecule has 0 bridgehead atoms. The van der Waals surface area contributed by atoms with Crippen LogP contribution in [-0.4, -0.2) is 26.7 Å². The molecule has 0 aliphatic carbocycles. The Kier molecular flexibility index (Phi) is 8.21. The molecule has 0 saturated carbocycles. The summed E-state index contributed by atoms with van der Waals surface area (Å²) >= 11 is 12.4. The van der Waals surface area contributed by atoms with Gasteiger partial charge in [0.05, 0.1) is 16.3 Å². The van der Waals surface area contributed by atoms with E-state index in [0.29, 0.717) is 15.6 Å². The highest BCUT2D eigenvalue weighted by molar-refractivity contribution is 7.92. The summed E-state index contributed by atoms with van der Waals surface area (Å²) in [7, 11) is -4.14. The van der Waals surface area contributed by atoms with Gasteiger partial charge in [-0.1, -0.05) is 77.3 Å². The number of anilines is 2. The lowest BCUT2D eigenvalue weighted by atomic mass is 10.0. The van der Waals surface area contributed by atoms with E-state index in [9.17, 15) is 18.0 Å². The molecule has 4 aromatic carbocycles. The Bertz CT molecular complexity index is 1610. The van der Waals surface area contributed by atoms with Crippen LogP contribution in [0.5, 0.6) is 0 Å². The molecule has 0 saturated heterocycles. The van der Waals surface area contributed by atoms with Crippen molar-refractivity contribution < 1.29 is 18.0 Å². The summed E-state index contributed by atoms with van der Waals surface area (Å²) in [6.45, 7) is 3.09. The van der Waals surface area contributed by atoms with E-state index in [1.165, 1.54) is 30.3 Å². The number of benzene rings is 4. The average molecular weight is 567 g/mol. The second-order valence-electron chi connectivity index (χ2n) is 8.69. The minimum atomic E-state index is -4.14. The maximum Gasteiger partial charge on any atom is 0.264 e. The van der Waals surface area contributed by atoms with Crippen molar-refractivity contribution in [2.45, 2.75) is 18.7 Å². The molecule has 194 valence electrons. The van der Waals surface area contributed by atoms with Gasteiger partial charge in [-0.3, -0.25) is 13.9 Å². The van der Waals surface area contributed by atoms with Crippen LogP contribution in [0.25, 0.3) is 0 Å². The number of rotatable bonds is 8. The van der Waals surface area contributed by atoms with Crippen LogP contribution in [0.4, 0.5) is 11.4 Å². The van der Waals surface area contributed by atoms with Crippen molar-refractivity contribution in [3.8, 4) is 0 Å². The lowest BCUT2D eigenvalue weighted by molar-refractivity contribution is -0.114. The molecular weight excluding hydrogens is 543 g/mol. The number of hydrogen-bond acceptors (Lipinski definition) is 4. The lowest BCUT2D eigenvalue weighted by Gasteiger charge is -2.25. The molecule has 9 heteroatoms. The van der Waals surface area contributed by atoms with Gasteiger partial charge >= 0.3 is 0 Å². The highest BCUT2D eigenvalue weighted by Crippen LogP contribution is 2.29. The van der Waals surface area contributed by atoms with E-state index in [4.69, 9.17) is 23.2 Å². The SMILES string of the molecule is Cc1ccc(S(=O)(=O)N(CC(=O)Nc2ccc(Cl)cc2C(=O)c2ccccc2)c2ccc(C)c(Cl)c2)cc1. The summed E-state index contributed by atoms with van der Waals surface area (Å²) in [5.41, 5.74) is 2.70. The van der Waals surface area contributed by atoms with Gasteiger partial charge in [0.15, 0.2) is 5.78 Å². The molecule has 0 spiro atoms. The van der Waals surface area contributed by atoms with E-state index in [1.54, 1.807) is 67.6 Å². The average Bonchev–Trinajstić information content (AvgIpc) is 2.90. The number of sulfonamides is 1. The van der Waals surface area contributed by atoms with Gasteiger partial charge in [0.25, 0.3) is 10.0 Å². The quantitative estimate of drug-likeness (QED) is 0.241. The van der Waals surface area contributed by atoms with Crippen LogP contribution in [-0.2, 0) is 14.8 Å². The van der Waals surface area contributed by atoms with Crippen molar-refractivity contribution in [3.05, 3.63) is 123 Å². The van der Waals surface area contributed by atoms with E-state index in [2.05, 4.69) is 5.32 Å². The lowest BCUT2D eigenvalue weighted by Crippen LogP contribution is -2.38. The van der Waals surface area contributed by atoms with Gasteiger partial charge < -0.3 is 5.32 Å². The van der Waals surface area contributed by atoms with E-state index in [0.717, 1.165) is 15.4 Å². The molecule has 6 nitrogen and oxygen atoms in total. The normalized spacial score (nSPS) is 11.2. The fourth-order valence-electron chi connectivity index (χ4n) is 3.77. The van der Waals surface area contributed by atoms with Gasteiger partial charge in [-0.25, -0.2) is 8.42 Å². The van der Waals surface area contributed by atoms with Crippen molar-refractivity contribution >= 4 is 56.3 Å². The number of amides is 1. The van der Waals surface area contributed by atoms with Crippen LogP contribution in [0.2, 0.25) is 10.0 Å². The summed E-state index contributed by atoms with van der Waals surface area (Å²) in [5, 5.41) is 3.37. The topological polar surface area (TPSA) is 83.6 Å². The minimum Gasteiger partial charge on any atom is -0.324 e. The smallest absolute Gasteiger partial charge is 0.264 e. The Hall–Kier alpha value is -3.65. The largest absolute Gasteiger partial charge is 0.324 e. The third-order valence-electron chi connectivity index (χ3n) is 5.88. The van der Waals surface area contributed by atoms with Gasteiger partial charge in [0.1, 0.15) is 6.54 Å². The number of carbonyl (C=O) groups excluding carboxylic acids is 2. The Morgan fingerprint density at radius 2 is 1.53 bits per heavy atom. The molecular formula is C29H24Cl2N2O4S. The number of hydrogen-bond donors (Lipinski definition) is 1. The Labute approximate surface area is 231 Å². The summed E-state index contributed by atoms with van der Waals surface area (Å²) < 4.78 is 28.3. The highest BCUT2D eigenvalue weighted by atomic mass is 35.5. The van der Waals surface area contributed by atoms with Crippen LogP contribution in [0.1, 0.15) is 27.0 Å². The van der Waals surface area contributed by atoms with Gasteiger partial charge in [0, 0.05) is 21.2 Å². The molecule has 1 N–H and O–H groups in total. The maximum atomic E-state index is 13.7. The zero-order valence-corrected chi connectivity index (χ0v) is 22.9. The second-order valence-corrected chi connectivity index (χ2v) is 11.4. The molecule has 0 radical (unpaired) electrons. The predicted octanol–water partition coefficient (Wildman–Crippen LogP) is 6.68. The monoisotopic (exact) mass is 566 g/mol. The molecule has 0 heterocycles. The molecule has 1 amide bonds. The van der Waals surface area contributed by atoms with Crippen LogP contribution in [0, 0.1) is 13.8 Å². The van der Waals surface area contributed by atoms with E-state index in [-0.39, 0.29) is 27.6 Å². The number of nitrogens with zero attached hydrogens (tertiary/aromatic N) is 1. The maximum absolute atomic E-state index is 13.7. The zero-order valence-electron chi connectivity index (χ0n) is 20.6. The highest BCUT2D eigenvalue weighted by Gasteiger charge is 2.28. The number of carbonyl (C=O) groups is 2. The second kappa shape index (κ2) is 11.4. The summed E-state index contributed by atoms with van der Waals surface area (Å²) in [5.74, 6) is -0.986. The van der Waals surface area contributed by atoms with Gasteiger partial charge in [-0.2, -0.15) is 0 Å². The van der Waals surface area contributed by atoms with Crippen LogP contribution < -0.4 is 9.62 Å². The summed E-state index contributed by atoms with van der Waals surface area (Å²) in [6, 6.07) is 24.2. The minimum absolute atomic E-state index is 0.0269. The molecule has 0 atom stereocenters. The van der Waals surface area contributed by atoms with E-state index in [1.807, 2.05) is 6.92 Å². The molecule has 0 aromatic heterocycles. The summed E-state index contributed by atoms with van der Waals surface area (Å²) in [4.78, 5) is 26.5. The fraction of sp³-hybridized carbons (Fsp3) is 0.103. The molecule has 0 aliphatic heterocycles. The first-order chi connectivity index (χ1) is 18.1. The number of nitrogens with one attached hydrogen (secondary N) is 1. The van der Waals surface area contributed by atoms with Gasteiger partial charge in [-0.05, 0) is 61.9 Å². The van der Waals surface area contributed by atoms with Crippen LogP contribution in [0.15, 0.2) is 95.9 Å². The first-order valence-electron chi connectivity index (χ1n) is 11.6. The Balaban J connectivity index is 1.69. The standard InChI is InChI=1S/C29H24Cl2N2O4S/c1-19-8-13-24(14-9-19)38(36,37)33(23-12-10-20(2)26(31)17-23)18-28(34)32-27-15-11-22(30)16-25(27)29(35)21-6-4-3-5-7-21/h3-17H,18H2,1-2H3,(H,32,34). The summed E-state index contributed by atoms with van der Waals surface area (Å²) in [6.07, 6.45) is 0. The van der Waals surface area contributed by atoms with E-state index < -0.39 is 22.5 Å². The first-order valence-corrected chi connectivity index (χ1v) is 13.8. The Morgan fingerprint density at radius 1 is 0.842 bits per heavy atom. The third kappa shape index (κ3) is 6.07. The van der Waals surface area contributed by atoms with Crippen molar-refractivity contribution in [3.63, 3.8) is 0 Å². The van der Waals surface area contributed by atoms with Crippen LogP contribution in [0.3, 0.4) is 0 Å². The number of aryl methyl sites for hydroxylation is 2. The van der Waals surface area contributed by atoms with Crippen molar-refractivity contribution in [2.24, 2.45) is 0 Å². The molecule has 4 aromatic rings. The Morgan fingerprint density at radius 3 is 2.18 bits per heavy atom.